The number of hydrogen-bond donors (Lipinski definition) is 0. The average Bonchev–Trinajstić information content (AvgIpc) is 2.31. The second-order valence-corrected chi connectivity index (χ2v) is 3.50. The van der Waals surface area contributed by atoms with Crippen LogP contribution in [0.4, 0.5) is 0 Å². The van der Waals surface area contributed by atoms with Crippen LogP contribution in [0.15, 0.2) is 10.7 Å². The Hall–Kier alpha value is -0.830. The predicted molar refractivity (Wildman–Crippen MR) is 39.1 cm³/mol. The SMILES string of the molecule is CC1(C)Cc2oncc2CO1. The molecule has 2 rings (SSSR count). The Morgan fingerprint density at radius 1 is 1.55 bits per heavy atom. The fraction of sp³-hybridized carbons (Fsp3) is 0.625. The summed E-state index contributed by atoms with van der Waals surface area (Å²) in [6, 6.07) is 0. The van der Waals surface area contributed by atoms with Gasteiger partial charge >= 0.3 is 0 Å². The van der Waals surface area contributed by atoms with Crippen molar-refractivity contribution in [1.82, 2.24) is 5.16 Å². The summed E-state index contributed by atoms with van der Waals surface area (Å²) in [5, 5.41) is 3.71. The van der Waals surface area contributed by atoms with Crippen LogP contribution < -0.4 is 0 Å². The summed E-state index contributed by atoms with van der Waals surface area (Å²) < 4.78 is 10.6. The van der Waals surface area contributed by atoms with E-state index in [1.165, 1.54) is 0 Å². The molecule has 1 aliphatic rings. The Morgan fingerprint density at radius 2 is 2.36 bits per heavy atom. The van der Waals surface area contributed by atoms with E-state index in [-0.39, 0.29) is 5.60 Å². The maximum atomic E-state index is 5.55. The highest BCUT2D eigenvalue weighted by Gasteiger charge is 2.28. The molecule has 0 fully saturated rings. The molecule has 0 spiro atoms. The molecule has 1 aliphatic heterocycles. The molecule has 1 aromatic rings. The molecule has 0 saturated heterocycles. The van der Waals surface area contributed by atoms with Gasteiger partial charge in [-0.3, -0.25) is 0 Å². The van der Waals surface area contributed by atoms with Crippen molar-refractivity contribution in [3.8, 4) is 0 Å². The third-order valence-electron chi connectivity index (χ3n) is 1.93. The van der Waals surface area contributed by atoms with Crippen molar-refractivity contribution in [2.24, 2.45) is 0 Å². The Labute approximate surface area is 65.3 Å². The molecular formula is C8H11NO2. The van der Waals surface area contributed by atoms with Gasteiger partial charge in [-0.1, -0.05) is 5.16 Å². The van der Waals surface area contributed by atoms with Crippen LogP contribution >= 0.6 is 0 Å². The van der Waals surface area contributed by atoms with E-state index < -0.39 is 0 Å². The van der Waals surface area contributed by atoms with Crippen LogP contribution in [0.25, 0.3) is 0 Å². The van der Waals surface area contributed by atoms with E-state index in [0.29, 0.717) is 6.61 Å². The largest absolute Gasteiger partial charge is 0.370 e. The summed E-state index contributed by atoms with van der Waals surface area (Å²) in [6.45, 7) is 4.74. The van der Waals surface area contributed by atoms with Crippen LogP contribution in [-0.4, -0.2) is 10.8 Å². The molecule has 60 valence electrons. The number of nitrogens with zero attached hydrogens (tertiary/aromatic N) is 1. The third-order valence-corrected chi connectivity index (χ3v) is 1.93. The van der Waals surface area contributed by atoms with Gasteiger partial charge < -0.3 is 9.26 Å². The van der Waals surface area contributed by atoms with Crippen molar-refractivity contribution in [2.75, 3.05) is 0 Å². The van der Waals surface area contributed by atoms with Crippen molar-refractivity contribution in [1.29, 1.82) is 0 Å². The molecule has 0 aromatic carbocycles. The van der Waals surface area contributed by atoms with Gasteiger partial charge in [-0.25, -0.2) is 0 Å². The molecule has 0 radical (unpaired) electrons. The predicted octanol–water partition coefficient (Wildman–Crippen LogP) is 1.53. The van der Waals surface area contributed by atoms with Gasteiger partial charge in [0, 0.05) is 12.0 Å². The van der Waals surface area contributed by atoms with Gasteiger partial charge in [0.1, 0.15) is 5.76 Å². The summed E-state index contributed by atoms with van der Waals surface area (Å²) in [5.74, 6) is 0.973. The molecule has 11 heavy (non-hydrogen) atoms. The van der Waals surface area contributed by atoms with Gasteiger partial charge in [0.05, 0.1) is 18.4 Å². The lowest BCUT2D eigenvalue weighted by atomic mass is 9.98. The number of rotatable bonds is 0. The summed E-state index contributed by atoms with van der Waals surface area (Å²) in [7, 11) is 0. The summed E-state index contributed by atoms with van der Waals surface area (Å²) in [6.07, 6.45) is 2.55. The Balaban J connectivity index is 2.32. The summed E-state index contributed by atoms with van der Waals surface area (Å²) in [4.78, 5) is 0. The number of ether oxygens (including phenoxy) is 1. The first-order valence-electron chi connectivity index (χ1n) is 3.74. The van der Waals surface area contributed by atoms with Crippen molar-refractivity contribution < 1.29 is 9.26 Å². The van der Waals surface area contributed by atoms with Crippen LogP contribution in [0, 0.1) is 0 Å². The second kappa shape index (κ2) is 2.08. The highest BCUT2D eigenvalue weighted by molar-refractivity contribution is 5.16. The van der Waals surface area contributed by atoms with E-state index in [4.69, 9.17) is 9.26 Å². The third kappa shape index (κ3) is 1.16. The minimum Gasteiger partial charge on any atom is -0.370 e. The van der Waals surface area contributed by atoms with E-state index in [1.54, 1.807) is 6.20 Å². The molecular weight excluding hydrogens is 142 g/mol. The van der Waals surface area contributed by atoms with Gasteiger partial charge in [-0.05, 0) is 13.8 Å². The van der Waals surface area contributed by atoms with Gasteiger partial charge in [-0.15, -0.1) is 0 Å². The maximum Gasteiger partial charge on any atom is 0.145 e. The highest BCUT2D eigenvalue weighted by atomic mass is 16.5. The zero-order valence-electron chi connectivity index (χ0n) is 6.76. The zero-order valence-corrected chi connectivity index (χ0v) is 6.76. The molecule has 0 N–H and O–H groups in total. The first kappa shape index (κ1) is 6.85. The minimum absolute atomic E-state index is 0.0907. The average molecular weight is 153 g/mol. The summed E-state index contributed by atoms with van der Waals surface area (Å²) in [5.41, 5.74) is 0.997. The first-order valence-corrected chi connectivity index (χ1v) is 3.74. The van der Waals surface area contributed by atoms with Crippen molar-refractivity contribution >= 4 is 0 Å². The van der Waals surface area contributed by atoms with E-state index in [9.17, 15) is 0 Å². The molecule has 3 heteroatoms. The van der Waals surface area contributed by atoms with Crippen LogP contribution in [0.3, 0.4) is 0 Å². The van der Waals surface area contributed by atoms with Crippen molar-refractivity contribution in [2.45, 2.75) is 32.5 Å². The quantitative estimate of drug-likeness (QED) is 0.567. The van der Waals surface area contributed by atoms with Gasteiger partial charge in [0.25, 0.3) is 0 Å². The minimum atomic E-state index is -0.0907. The standard InChI is InChI=1S/C8H11NO2/c1-8(2)3-7-6(5-10-8)4-9-11-7/h4H,3,5H2,1-2H3. The fourth-order valence-electron chi connectivity index (χ4n) is 1.26. The van der Waals surface area contributed by atoms with Crippen LogP contribution in [0.5, 0.6) is 0 Å². The molecule has 0 saturated carbocycles. The first-order chi connectivity index (χ1) is 5.17. The van der Waals surface area contributed by atoms with Crippen molar-refractivity contribution in [3.05, 3.63) is 17.5 Å². The molecule has 0 unspecified atom stereocenters. The van der Waals surface area contributed by atoms with Crippen molar-refractivity contribution in [3.63, 3.8) is 0 Å². The molecule has 0 amide bonds. The van der Waals surface area contributed by atoms with E-state index in [2.05, 4.69) is 19.0 Å². The molecule has 0 bridgehead atoms. The lowest BCUT2D eigenvalue weighted by Crippen LogP contribution is -2.30. The lowest BCUT2D eigenvalue weighted by molar-refractivity contribution is -0.0453. The fourth-order valence-corrected chi connectivity index (χ4v) is 1.26. The lowest BCUT2D eigenvalue weighted by Gasteiger charge is -2.28. The van der Waals surface area contributed by atoms with E-state index in [0.717, 1.165) is 17.7 Å². The van der Waals surface area contributed by atoms with Crippen LogP contribution in [0.2, 0.25) is 0 Å². The Morgan fingerprint density at radius 3 is 3.18 bits per heavy atom. The molecule has 3 nitrogen and oxygen atoms in total. The zero-order chi connectivity index (χ0) is 7.90. The van der Waals surface area contributed by atoms with Gasteiger partial charge in [0.2, 0.25) is 0 Å². The monoisotopic (exact) mass is 153 g/mol. The van der Waals surface area contributed by atoms with E-state index in [1.807, 2.05) is 0 Å². The van der Waals surface area contributed by atoms with Crippen LogP contribution in [-0.2, 0) is 17.8 Å². The summed E-state index contributed by atoms with van der Waals surface area (Å²) >= 11 is 0. The molecule has 1 aromatic heterocycles. The molecule has 0 aliphatic carbocycles. The molecule has 2 heterocycles. The molecule has 0 atom stereocenters. The van der Waals surface area contributed by atoms with E-state index >= 15 is 0 Å². The second-order valence-electron chi connectivity index (χ2n) is 3.50. The smallest absolute Gasteiger partial charge is 0.145 e. The normalized spacial score (nSPS) is 21.3. The number of fused-ring (bicyclic) bond motifs is 1. The topological polar surface area (TPSA) is 35.3 Å². The number of hydrogen-bond acceptors (Lipinski definition) is 3. The van der Waals surface area contributed by atoms with Gasteiger partial charge in [0.15, 0.2) is 0 Å². The maximum absolute atomic E-state index is 5.55. The van der Waals surface area contributed by atoms with Gasteiger partial charge in [-0.2, -0.15) is 0 Å². The number of aromatic nitrogens is 1. The highest BCUT2D eigenvalue weighted by Crippen LogP contribution is 2.26. The Kier molecular flexibility index (Phi) is 1.29. The van der Waals surface area contributed by atoms with Crippen LogP contribution in [0.1, 0.15) is 25.2 Å². The Bertz CT molecular complexity index is 265.